The van der Waals surface area contributed by atoms with Crippen LogP contribution in [0.1, 0.15) is 25.7 Å². The van der Waals surface area contributed by atoms with Crippen molar-refractivity contribution in [2.24, 2.45) is 10.4 Å². The summed E-state index contributed by atoms with van der Waals surface area (Å²) in [5, 5.41) is 13.6. The Bertz CT molecular complexity index is 711. The van der Waals surface area contributed by atoms with Gasteiger partial charge in [0.05, 0.1) is 11.1 Å². The number of phenolic OH excluding ortho intramolecular Hbond substituents is 1. The predicted molar refractivity (Wildman–Crippen MR) is 128 cm³/mol. The summed E-state index contributed by atoms with van der Waals surface area (Å²) >= 11 is 0. The molecule has 0 spiro atoms. The first-order valence-electron chi connectivity index (χ1n) is 10.2. The van der Waals surface area contributed by atoms with E-state index in [9.17, 15) is 9.90 Å². The molecule has 1 amide bonds. The number of benzene rings is 1. The molecule has 2 N–H and O–H groups in total. The first-order chi connectivity index (χ1) is 13.5. The molecule has 7 nitrogen and oxygen atoms in total. The normalized spacial score (nSPS) is 18.9. The van der Waals surface area contributed by atoms with Gasteiger partial charge < -0.3 is 25.1 Å². The molecule has 2 aliphatic rings. The van der Waals surface area contributed by atoms with Gasteiger partial charge in [-0.3, -0.25) is 9.79 Å². The highest BCUT2D eigenvalue weighted by atomic mass is 127. The van der Waals surface area contributed by atoms with E-state index in [1.807, 2.05) is 32.3 Å². The van der Waals surface area contributed by atoms with Gasteiger partial charge in [-0.25, -0.2) is 0 Å². The van der Waals surface area contributed by atoms with Gasteiger partial charge in [-0.2, -0.15) is 0 Å². The third-order valence-corrected chi connectivity index (χ3v) is 6.02. The van der Waals surface area contributed by atoms with Crippen molar-refractivity contribution >= 4 is 41.5 Å². The summed E-state index contributed by atoms with van der Waals surface area (Å²) in [5.41, 5.74) is 0.573. The Morgan fingerprint density at radius 1 is 1.17 bits per heavy atom. The van der Waals surface area contributed by atoms with Crippen molar-refractivity contribution in [1.29, 1.82) is 0 Å². The zero-order valence-corrected chi connectivity index (χ0v) is 20.1. The number of halogens is 1. The molecular formula is C21H34IN5O2. The molecule has 1 saturated carbocycles. The molecule has 8 heteroatoms. The summed E-state index contributed by atoms with van der Waals surface area (Å²) in [7, 11) is 5.48. The molecule has 0 bridgehead atoms. The van der Waals surface area contributed by atoms with E-state index < -0.39 is 0 Å². The lowest BCUT2D eigenvalue weighted by molar-refractivity contribution is -0.138. The second kappa shape index (κ2) is 10.4. The van der Waals surface area contributed by atoms with Crippen LogP contribution in [0.2, 0.25) is 0 Å². The predicted octanol–water partition coefficient (Wildman–Crippen LogP) is 2.36. The lowest BCUT2D eigenvalue weighted by atomic mass is 9.84. The van der Waals surface area contributed by atoms with E-state index >= 15 is 0 Å². The summed E-state index contributed by atoms with van der Waals surface area (Å²) in [5.74, 6) is 1.40. The fourth-order valence-electron chi connectivity index (χ4n) is 4.46. The van der Waals surface area contributed by atoms with E-state index in [0.29, 0.717) is 12.3 Å². The van der Waals surface area contributed by atoms with E-state index in [4.69, 9.17) is 0 Å². The number of nitrogens with zero attached hydrogens (tertiary/aromatic N) is 4. The molecule has 0 atom stereocenters. The Kier molecular flexibility index (Phi) is 8.42. The van der Waals surface area contributed by atoms with Crippen molar-refractivity contribution in [3.05, 3.63) is 24.3 Å². The van der Waals surface area contributed by atoms with E-state index in [1.165, 1.54) is 0 Å². The highest BCUT2D eigenvalue weighted by Gasteiger charge is 2.42. The number of aliphatic imine (C=N–C) groups is 1. The number of phenols is 1. The highest BCUT2D eigenvalue weighted by molar-refractivity contribution is 14.0. The molecule has 29 heavy (non-hydrogen) atoms. The largest absolute Gasteiger partial charge is 0.506 e. The van der Waals surface area contributed by atoms with Crippen molar-refractivity contribution in [3.63, 3.8) is 0 Å². The highest BCUT2D eigenvalue weighted by Crippen LogP contribution is 2.39. The molecule has 0 radical (unpaired) electrons. The molecule has 0 unspecified atom stereocenters. The lowest BCUT2D eigenvalue weighted by Crippen LogP contribution is -2.55. The number of guanidine groups is 1. The average Bonchev–Trinajstić information content (AvgIpc) is 3.19. The Morgan fingerprint density at radius 3 is 2.34 bits per heavy atom. The lowest BCUT2D eigenvalue weighted by Gasteiger charge is -2.39. The number of carbonyl (C=O) groups is 1. The maximum absolute atomic E-state index is 12.8. The molecule has 162 valence electrons. The third kappa shape index (κ3) is 5.26. The smallest absolute Gasteiger partial charge is 0.230 e. The summed E-state index contributed by atoms with van der Waals surface area (Å²) < 4.78 is 0. The van der Waals surface area contributed by atoms with Crippen LogP contribution in [-0.4, -0.2) is 80.6 Å². The summed E-state index contributed by atoms with van der Waals surface area (Å²) in [4.78, 5) is 23.4. The molecule has 1 aliphatic heterocycles. The zero-order chi connectivity index (χ0) is 20.1. The maximum atomic E-state index is 12.8. The van der Waals surface area contributed by atoms with Crippen molar-refractivity contribution in [3.8, 4) is 5.75 Å². The zero-order valence-electron chi connectivity index (χ0n) is 17.7. The first-order valence-corrected chi connectivity index (χ1v) is 10.2. The molecule has 3 rings (SSSR count). The number of para-hydroxylation sites is 2. The molecule has 1 aromatic carbocycles. The van der Waals surface area contributed by atoms with Crippen LogP contribution in [0.25, 0.3) is 0 Å². The van der Waals surface area contributed by atoms with E-state index in [0.717, 1.165) is 63.5 Å². The number of anilines is 1. The van der Waals surface area contributed by atoms with Crippen LogP contribution >= 0.6 is 24.0 Å². The number of aromatic hydroxyl groups is 1. The van der Waals surface area contributed by atoms with Gasteiger partial charge in [0.2, 0.25) is 5.91 Å². The maximum Gasteiger partial charge on any atom is 0.230 e. The number of nitrogens with one attached hydrogen (secondary N) is 1. The van der Waals surface area contributed by atoms with E-state index in [1.54, 1.807) is 18.0 Å². The summed E-state index contributed by atoms with van der Waals surface area (Å²) in [6.45, 7) is 3.92. The number of piperazine rings is 1. The third-order valence-electron chi connectivity index (χ3n) is 6.02. The number of amides is 1. The number of rotatable bonds is 4. The molecule has 1 saturated heterocycles. The van der Waals surface area contributed by atoms with Crippen molar-refractivity contribution < 1.29 is 9.90 Å². The monoisotopic (exact) mass is 515 g/mol. The van der Waals surface area contributed by atoms with Crippen molar-refractivity contribution in [2.45, 2.75) is 25.7 Å². The Morgan fingerprint density at radius 2 is 1.79 bits per heavy atom. The van der Waals surface area contributed by atoms with Gasteiger partial charge in [-0.05, 0) is 25.0 Å². The van der Waals surface area contributed by atoms with Gasteiger partial charge in [0.1, 0.15) is 5.75 Å². The minimum Gasteiger partial charge on any atom is -0.506 e. The number of hydrogen-bond donors (Lipinski definition) is 2. The molecule has 1 aromatic rings. The van der Waals surface area contributed by atoms with Gasteiger partial charge >= 0.3 is 0 Å². The quantitative estimate of drug-likeness (QED) is 0.366. The summed E-state index contributed by atoms with van der Waals surface area (Å²) in [6, 6.07) is 7.47. The van der Waals surface area contributed by atoms with Gasteiger partial charge in [0.15, 0.2) is 5.96 Å². The summed E-state index contributed by atoms with van der Waals surface area (Å²) in [6.07, 6.45) is 4.10. The van der Waals surface area contributed by atoms with Crippen LogP contribution in [0.15, 0.2) is 29.3 Å². The number of carbonyl (C=O) groups excluding carboxylic acids is 1. The fourth-order valence-corrected chi connectivity index (χ4v) is 4.46. The van der Waals surface area contributed by atoms with Gasteiger partial charge in [-0.1, -0.05) is 25.0 Å². The SMILES string of the molecule is CN=C(NCC1(C(=O)N(C)C)CCCC1)N1CCN(c2ccccc2O)CC1.I. The topological polar surface area (TPSA) is 71.4 Å². The molecule has 0 aromatic heterocycles. The Balaban J connectivity index is 0.00000300. The minimum atomic E-state index is -0.308. The second-order valence-electron chi connectivity index (χ2n) is 8.05. The van der Waals surface area contributed by atoms with Gasteiger partial charge in [0, 0.05) is 53.9 Å². The average molecular weight is 515 g/mol. The van der Waals surface area contributed by atoms with E-state index in [-0.39, 0.29) is 35.3 Å². The van der Waals surface area contributed by atoms with Crippen LogP contribution in [0.5, 0.6) is 5.75 Å². The van der Waals surface area contributed by atoms with Crippen molar-refractivity contribution in [2.75, 3.05) is 58.8 Å². The molecule has 2 fully saturated rings. The van der Waals surface area contributed by atoms with Crippen molar-refractivity contribution in [1.82, 2.24) is 15.1 Å². The minimum absolute atomic E-state index is 0. The molecular weight excluding hydrogens is 481 g/mol. The van der Waals surface area contributed by atoms with Gasteiger partial charge in [0.25, 0.3) is 0 Å². The van der Waals surface area contributed by atoms with Crippen LogP contribution in [0, 0.1) is 5.41 Å². The second-order valence-corrected chi connectivity index (χ2v) is 8.05. The van der Waals surface area contributed by atoms with Crippen LogP contribution in [-0.2, 0) is 4.79 Å². The van der Waals surface area contributed by atoms with E-state index in [2.05, 4.69) is 20.1 Å². The first kappa shape index (κ1) is 23.6. The molecule has 1 heterocycles. The van der Waals surface area contributed by atoms with Crippen LogP contribution in [0.3, 0.4) is 0 Å². The van der Waals surface area contributed by atoms with Crippen LogP contribution in [0.4, 0.5) is 5.69 Å². The van der Waals surface area contributed by atoms with Gasteiger partial charge in [-0.15, -0.1) is 24.0 Å². The standard InChI is InChI=1S/C21H33N5O2.HI/c1-22-20(23-16-21(10-6-7-11-21)19(28)24(2)3)26-14-12-25(13-15-26)17-8-4-5-9-18(17)27;/h4-5,8-9,27H,6-7,10-16H2,1-3H3,(H,22,23);1H. The fraction of sp³-hybridized carbons (Fsp3) is 0.619. The Hall–Kier alpha value is -1.71. The molecule has 1 aliphatic carbocycles. The number of hydrogen-bond acceptors (Lipinski definition) is 4. The van der Waals surface area contributed by atoms with Crippen LogP contribution < -0.4 is 10.2 Å². The Labute approximate surface area is 191 Å².